The van der Waals surface area contributed by atoms with E-state index in [-0.39, 0.29) is 0 Å². The fourth-order valence-electron chi connectivity index (χ4n) is 2.42. The van der Waals surface area contributed by atoms with Crippen LogP contribution < -0.4 is 5.32 Å². The number of hydrogen-bond donors (Lipinski definition) is 1. The van der Waals surface area contributed by atoms with E-state index in [0.29, 0.717) is 0 Å². The van der Waals surface area contributed by atoms with Crippen LogP contribution in [0.1, 0.15) is 45.2 Å². The van der Waals surface area contributed by atoms with E-state index in [9.17, 15) is 0 Å². The predicted molar refractivity (Wildman–Crippen MR) is 93.6 cm³/mol. The Morgan fingerprint density at radius 1 is 1.00 bits per heavy atom. The van der Waals surface area contributed by atoms with Crippen molar-refractivity contribution in [2.75, 3.05) is 26.7 Å². The molecule has 0 saturated heterocycles. The van der Waals surface area contributed by atoms with E-state index in [1.54, 1.807) is 0 Å². The number of benzene rings is 1. The van der Waals surface area contributed by atoms with Crippen LogP contribution in [0.2, 0.25) is 0 Å². The molecule has 1 aromatic rings. The van der Waals surface area contributed by atoms with E-state index in [0.717, 1.165) is 37.9 Å². The minimum atomic E-state index is 0.724. The van der Waals surface area contributed by atoms with Gasteiger partial charge < -0.3 is 10.2 Å². The lowest BCUT2D eigenvalue weighted by molar-refractivity contribution is 0.302. The highest BCUT2D eigenvalue weighted by Crippen LogP contribution is 2.12. The quantitative estimate of drug-likeness (QED) is 0.656. The Bertz CT molecular complexity index is 385. The summed E-state index contributed by atoms with van der Waals surface area (Å²) in [5.74, 6) is 1.50. The molecule has 0 spiro atoms. The second kappa shape index (κ2) is 9.97. The monoisotopic (exact) mass is 290 g/mol. The van der Waals surface area contributed by atoms with Gasteiger partial charge in [-0.1, -0.05) is 52.0 Å². The average molecular weight is 290 g/mol. The lowest BCUT2D eigenvalue weighted by Gasteiger charge is -2.20. The maximum absolute atomic E-state index is 3.54. The van der Waals surface area contributed by atoms with Gasteiger partial charge in [0, 0.05) is 6.54 Å². The van der Waals surface area contributed by atoms with Crippen LogP contribution in [0.5, 0.6) is 0 Å². The maximum Gasteiger partial charge on any atom is 0.0233 e. The topological polar surface area (TPSA) is 15.3 Å². The molecule has 2 heteroatoms. The number of nitrogens with zero attached hydrogens (tertiary/aromatic N) is 1. The Hall–Kier alpha value is -0.860. The molecule has 1 rings (SSSR count). The van der Waals surface area contributed by atoms with Crippen molar-refractivity contribution in [2.24, 2.45) is 11.8 Å². The molecule has 0 bridgehead atoms. The molecule has 2 nitrogen and oxygen atoms in total. The van der Waals surface area contributed by atoms with Crippen LogP contribution in [-0.2, 0) is 13.0 Å². The van der Waals surface area contributed by atoms with Gasteiger partial charge in [0.05, 0.1) is 0 Å². The molecule has 21 heavy (non-hydrogen) atoms. The van der Waals surface area contributed by atoms with E-state index >= 15 is 0 Å². The molecular formula is C19H34N2. The molecule has 0 saturated carbocycles. The summed E-state index contributed by atoms with van der Waals surface area (Å²) in [6.07, 6.45) is 2.40. The van der Waals surface area contributed by atoms with Crippen molar-refractivity contribution < 1.29 is 0 Å². The highest BCUT2D eigenvalue weighted by Gasteiger charge is 2.06. The first-order chi connectivity index (χ1) is 9.99. The van der Waals surface area contributed by atoms with Gasteiger partial charge in [-0.3, -0.25) is 0 Å². The van der Waals surface area contributed by atoms with Gasteiger partial charge in [-0.25, -0.2) is 0 Å². The second-order valence-corrected chi connectivity index (χ2v) is 7.04. The van der Waals surface area contributed by atoms with E-state index < -0.39 is 0 Å². The lowest BCUT2D eigenvalue weighted by atomic mass is 10.0. The van der Waals surface area contributed by atoms with Crippen molar-refractivity contribution in [1.29, 1.82) is 0 Å². The molecule has 0 heterocycles. The summed E-state index contributed by atoms with van der Waals surface area (Å²) in [4.78, 5) is 2.44. The zero-order chi connectivity index (χ0) is 15.7. The van der Waals surface area contributed by atoms with Crippen LogP contribution in [0, 0.1) is 11.8 Å². The summed E-state index contributed by atoms with van der Waals surface area (Å²) in [6.45, 7) is 13.5. The van der Waals surface area contributed by atoms with Crippen molar-refractivity contribution in [2.45, 2.75) is 47.1 Å². The van der Waals surface area contributed by atoms with E-state index in [1.807, 2.05) is 0 Å². The highest BCUT2D eigenvalue weighted by molar-refractivity contribution is 5.27. The standard InChI is InChI=1S/C19H34N2/c1-16(2)11-13-21(5)15-19-9-7-6-8-18(19)10-12-20-14-17(3)4/h6-9,16-17,20H,10-15H2,1-5H3. The Morgan fingerprint density at radius 2 is 1.67 bits per heavy atom. The van der Waals surface area contributed by atoms with Crippen LogP contribution in [0.4, 0.5) is 0 Å². The van der Waals surface area contributed by atoms with E-state index in [4.69, 9.17) is 0 Å². The maximum atomic E-state index is 3.54. The Balaban J connectivity index is 2.46. The fraction of sp³-hybridized carbons (Fsp3) is 0.684. The summed E-state index contributed by atoms with van der Waals surface area (Å²) in [5, 5.41) is 3.54. The van der Waals surface area contributed by atoms with Crippen molar-refractivity contribution in [3.63, 3.8) is 0 Å². The summed E-state index contributed by atoms with van der Waals surface area (Å²) in [7, 11) is 2.23. The van der Waals surface area contributed by atoms with Gasteiger partial charge in [-0.05, 0) is 62.5 Å². The minimum absolute atomic E-state index is 0.724. The molecule has 0 aliphatic rings. The molecule has 0 aliphatic carbocycles. The molecule has 0 atom stereocenters. The molecule has 0 amide bonds. The van der Waals surface area contributed by atoms with Crippen molar-refractivity contribution in [1.82, 2.24) is 10.2 Å². The third kappa shape index (κ3) is 8.23. The smallest absolute Gasteiger partial charge is 0.0233 e. The first-order valence-electron chi connectivity index (χ1n) is 8.45. The van der Waals surface area contributed by atoms with Gasteiger partial charge in [0.15, 0.2) is 0 Å². The van der Waals surface area contributed by atoms with Gasteiger partial charge in [0.1, 0.15) is 0 Å². The summed E-state index contributed by atoms with van der Waals surface area (Å²) < 4.78 is 0. The summed E-state index contributed by atoms with van der Waals surface area (Å²) >= 11 is 0. The molecule has 0 radical (unpaired) electrons. The molecule has 0 fully saturated rings. The van der Waals surface area contributed by atoms with Crippen molar-refractivity contribution >= 4 is 0 Å². The van der Waals surface area contributed by atoms with E-state index in [1.165, 1.54) is 24.1 Å². The molecule has 1 N–H and O–H groups in total. The third-order valence-corrected chi connectivity index (χ3v) is 3.77. The Morgan fingerprint density at radius 3 is 2.29 bits per heavy atom. The molecule has 0 aromatic heterocycles. The Labute approximate surface area is 131 Å². The highest BCUT2D eigenvalue weighted by atomic mass is 15.1. The van der Waals surface area contributed by atoms with Gasteiger partial charge in [0.25, 0.3) is 0 Å². The van der Waals surface area contributed by atoms with Gasteiger partial charge in [-0.2, -0.15) is 0 Å². The Kier molecular flexibility index (Phi) is 8.63. The first-order valence-corrected chi connectivity index (χ1v) is 8.45. The third-order valence-electron chi connectivity index (χ3n) is 3.77. The van der Waals surface area contributed by atoms with Gasteiger partial charge >= 0.3 is 0 Å². The normalized spacial score (nSPS) is 11.8. The zero-order valence-corrected chi connectivity index (χ0v) is 14.7. The molecular weight excluding hydrogens is 256 g/mol. The van der Waals surface area contributed by atoms with E-state index in [2.05, 4.69) is 69.2 Å². The summed E-state index contributed by atoms with van der Waals surface area (Å²) in [5.41, 5.74) is 2.97. The fourth-order valence-corrected chi connectivity index (χ4v) is 2.42. The molecule has 120 valence electrons. The molecule has 0 unspecified atom stereocenters. The van der Waals surface area contributed by atoms with Crippen LogP contribution in [0.15, 0.2) is 24.3 Å². The molecule has 1 aromatic carbocycles. The minimum Gasteiger partial charge on any atom is -0.316 e. The number of rotatable bonds is 10. The zero-order valence-electron chi connectivity index (χ0n) is 14.7. The SMILES string of the molecule is CC(C)CCN(C)Cc1ccccc1CCNCC(C)C. The predicted octanol–water partition coefficient (Wildman–Crippen LogP) is 3.95. The second-order valence-electron chi connectivity index (χ2n) is 7.04. The largest absolute Gasteiger partial charge is 0.316 e. The van der Waals surface area contributed by atoms with Crippen LogP contribution in [0.3, 0.4) is 0 Å². The number of hydrogen-bond acceptors (Lipinski definition) is 2. The molecule has 0 aliphatic heterocycles. The van der Waals surface area contributed by atoms with Crippen molar-refractivity contribution in [3.8, 4) is 0 Å². The van der Waals surface area contributed by atoms with Crippen LogP contribution in [0.25, 0.3) is 0 Å². The van der Waals surface area contributed by atoms with Gasteiger partial charge in [0.2, 0.25) is 0 Å². The summed E-state index contributed by atoms with van der Waals surface area (Å²) in [6, 6.07) is 8.89. The van der Waals surface area contributed by atoms with Crippen molar-refractivity contribution in [3.05, 3.63) is 35.4 Å². The van der Waals surface area contributed by atoms with Crippen LogP contribution in [-0.4, -0.2) is 31.6 Å². The average Bonchev–Trinajstić information content (AvgIpc) is 2.43. The van der Waals surface area contributed by atoms with Crippen LogP contribution >= 0.6 is 0 Å². The first kappa shape index (κ1) is 18.2. The number of nitrogens with one attached hydrogen (secondary N) is 1. The lowest BCUT2D eigenvalue weighted by Crippen LogP contribution is -2.24. The van der Waals surface area contributed by atoms with Gasteiger partial charge in [-0.15, -0.1) is 0 Å².